The second-order valence-corrected chi connectivity index (χ2v) is 8.65. The second kappa shape index (κ2) is 9.18. The Balaban J connectivity index is 2.06. The molecule has 1 aliphatic heterocycles. The van der Waals surface area contributed by atoms with Crippen LogP contribution in [-0.4, -0.2) is 73.6 Å². The quantitative estimate of drug-likeness (QED) is 0.619. The number of hydrogen-bond acceptors (Lipinski definition) is 7. The third kappa shape index (κ3) is 5.43. The Hall–Kier alpha value is -2.13. The third-order valence-electron chi connectivity index (χ3n) is 4.48. The van der Waals surface area contributed by atoms with E-state index in [0.717, 1.165) is 0 Å². The molecular weight excluding hydrogens is 372 g/mol. The van der Waals surface area contributed by atoms with Gasteiger partial charge in [-0.05, 0) is 32.4 Å². The van der Waals surface area contributed by atoms with E-state index in [2.05, 4.69) is 5.32 Å². The number of nitrogens with one attached hydrogen (secondary N) is 1. The maximum atomic E-state index is 12.7. The number of benzene rings is 1. The third-order valence-corrected chi connectivity index (χ3v) is 6.23. The Morgan fingerprint density at radius 2 is 2.07 bits per heavy atom. The molecule has 0 radical (unpaired) electrons. The number of anilines is 1. The summed E-state index contributed by atoms with van der Waals surface area (Å²) in [6.07, 6.45) is -0.636. The summed E-state index contributed by atoms with van der Waals surface area (Å²) in [6.45, 7) is 3.78. The van der Waals surface area contributed by atoms with Gasteiger partial charge in [0.05, 0.1) is 23.7 Å². The van der Waals surface area contributed by atoms with E-state index in [1.807, 2.05) is 0 Å². The van der Waals surface area contributed by atoms with Crippen molar-refractivity contribution in [2.45, 2.75) is 32.4 Å². The van der Waals surface area contributed by atoms with Gasteiger partial charge in [-0.1, -0.05) is 12.1 Å². The first-order valence-electron chi connectivity index (χ1n) is 8.94. The highest BCUT2D eigenvalue weighted by Crippen LogP contribution is 2.20. The zero-order valence-corrected chi connectivity index (χ0v) is 16.4. The summed E-state index contributed by atoms with van der Waals surface area (Å²) < 4.78 is 28.7. The van der Waals surface area contributed by atoms with Gasteiger partial charge in [0.2, 0.25) is 0 Å². The number of aliphatic hydroxyl groups excluding tert-OH is 1. The standard InChI is InChI=1S/C18H26N2O6S/c1-3-20(14-8-11-27(24,25)12-14)17(22)13(2)26-18(23)15-6-4-5-7-16(15)19-9-10-21/h4-7,13-14,19,21H,3,8-12H2,1-2H3/t13-,14+/m0/s1. The molecule has 1 aromatic rings. The molecule has 2 rings (SSSR count). The maximum absolute atomic E-state index is 12.7. The lowest BCUT2D eigenvalue weighted by molar-refractivity contribution is -0.141. The van der Waals surface area contributed by atoms with E-state index >= 15 is 0 Å². The lowest BCUT2D eigenvalue weighted by Crippen LogP contribution is -2.46. The topological polar surface area (TPSA) is 113 Å². The van der Waals surface area contributed by atoms with Crippen molar-refractivity contribution in [3.63, 3.8) is 0 Å². The lowest BCUT2D eigenvalue weighted by Gasteiger charge is -2.29. The zero-order valence-electron chi connectivity index (χ0n) is 15.6. The summed E-state index contributed by atoms with van der Waals surface area (Å²) >= 11 is 0. The van der Waals surface area contributed by atoms with Gasteiger partial charge in [-0.15, -0.1) is 0 Å². The first-order chi connectivity index (χ1) is 12.8. The smallest absolute Gasteiger partial charge is 0.341 e. The highest BCUT2D eigenvalue weighted by Gasteiger charge is 2.36. The first kappa shape index (κ1) is 21.2. The van der Waals surface area contributed by atoms with E-state index in [0.29, 0.717) is 18.7 Å². The van der Waals surface area contributed by atoms with Crippen molar-refractivity contribution < 1.29 is 27.9 Å². The highest BCUT2D eigenvalue weighted by atomic mass is 32.2. The fourth-order valence-electron chi connectivity index (χ4n) is 3.13. The molecule has 1 amide bonds. The highest BCUT2D eigenvalue weighted by molar-refractivity contribution is 7.91. The fraction of sp³-hybridized carbons (Fsp3) is 0.556. The van der Waals surface area contributed by atoms with Gasteiger partial charge in [0.15, 0.2) is 15.9 Å². The van der Waals surface area contributed by atoms with Crippen LogP contribution in [0.1, 0.15) is 30.6 Å². The molecule has 1 saturated heterocycles. The monoisotopic (exact) mass is 398 g/mol. The molecule has 0 aliphatic carbocycles. The summed E-state index contributed by atoms with van der Waals surface area (Å²) in [5, 5.41) is 11.9. The molecule has 0 saturated carbocycles. The molecule has 150 valence electrons. The minimum atomic E-state index is -3.12. The van der Waals surface area contributed by atoms with Crippen molar-refractivity contribution in [1.82, 2.24) is 4.90 Å². The van der Waals surface area contributed by atoms with Gasteiger partial charge in [-0.3, -0.25) is 4.79 Å². The number of sulfone groups is 1. The van der Waals surface area contributed by atoms with Crippen molar-refractivity contribution in [3.05, 3.63) is 29.8 Å². The number of ether oxygens (including phenoxy) is 1. The number of amides is 1. The number of aliphatic hydroxyl groups is 1. The van der Waals surface area contributed by atoms with Crippen molar-refractivity contribution in [3.8, 4) is 0 Å². The zero-order chi connectivity index (χ0) is 20.0. The van der Waals surface area contributed by atoms with Crippen molar-refractivity contribution in [2.24, 2.45) is 0 Å². The van der Waals surface area contributed by atoms with E-state index in [1.165, 1.54) is 11.8 Å². The molecule has 27 heavy (non-hydrogen) atoms. The first-order valence-corrected chi connectivity index (χ1v) is 10.8. The van der Waals surface area contributed by atoms with Crippen LogP contribution < -0.4 is 5.32 Å². The number of rotatable bonds is 8. The predicted octanol–water partition coefficient (Wildman–Crippen LogP) is 0.672. The van der Waals surface area contributed by atoms with E-state index in [9.17, 15) is 18.0 Å². The molecule has 0 aromatic heterocycles. The summed E-state index contributed by atoms with van der Waals surface area (Å²) in [4.78, 5) is 26.7. The average Bonchev–Trinajstić information content (AvgIpc) is 3.00. The molecule has 0 unspecified atom stereocenters. The van der Waals surface area contributed by atoms with Gasteiger partial charge in [0.1, 0.15) is 0 Å². The predicted molar refractivity (Wildman–Crippen MR) is 101 cm³/mol. The fourth-order valence-corrected chi connectivity index (χ4v) is 4.86. The van der Waals surface area contributed by atoms with Crippen LogP contribution >= 0.6 is 0 Å². The van der Waals surface area contributed by atoms with Gasteiger partial charge < -0.3 is 20.1 Å². The van der Waals surface area contributed by atoms with E-state index in [4.69, 9.17) is 9.84 Å². The Bertz CT molecular complexity index is 780. The maximum Gasteiger partial charge on any atom is 0.341 e. The number of carbonyl (C=O) groups is 2. The number of likely N-dealkylation sites (N-methyl/N-ethyl adjacent to an activating group) is 1. The SMILES string of the molecule is CCN(C(=O)[C@H](C)OC(=O)c1ccccc1NCCO)[C@@H]1CCS(=O)(=O)C1. The minimum Gasteiger partial charge on any atom is -0.449 e. The van der Waals surface area contributed by atoms with Crippen LogP contribution in [0.2, 0.25) is 0 Å². The van der Waals surface area contributed by atoms with Crippen molar-refractivity contribution in [2.75, 3.05) is 36.5 Å². The van der Waals surface area contributed by atoms with Crippen molar-refractivity contribution >= 4 is 27.4 Å². The number of esters is 1. The van der Waals surface area contributed by atoms with Gasteiger partial charge >= 0.3 is 5.97 Å². The van der Waals surface area contributed by atoms with E-state index < -0.39 is 27.8 Å². The van der Waals surface area contributed by atoms with Crippen LogP contribution in [0.3, 0.4) is 0 Å². The van der Waals surface area contributed by atoms with Gasteiger partial charge in [-0.25, -0.2) is 13.2 Å². The van der Waals surface area contributed by atoms with Crippen LogP contribution in [0, 0.1) is 0 Å². The molecule has 8 nitrogen and oxygen atoms in total. The Morgan fingerprint density at radius 3 is 2.67 bits per heavy atom. The normalized spacial score (nSPS) is 19.3. The average molecular weight is 398 g/mol. The largest absolute Gasteiger partial charge is 0.449 e. The molecule has 1 heterocycles. The molecule has 1 aliphatic rings. The molecule has 1 aromatic carbocycles. The van der Waals surface area contributed by atoms with Crippen LogP contribution in [0.5, 0.6) is 0 Å². The van der Waals surface area contributed by atoms with Crippen molar-refractivity contribution in [1.29, 1.82) is 0 Å². The molecule has 2 atom stereocenters. The molecule has 9 heteroatoms. The molecule has 1 fully saturated rings. The summed E-state index contributed by atoms with van der Waals surface area (Å²) in [5.74, 6) is -1.05. The number of carbonyl (C=O) groups excluding carboxylic acids is 2. The lowest BCUT2D eigenvalue weighted by atomic mass is 10.1. The van der Waals surface area contributed by atoms with Gasteiger partial charge in [-0.2, -0.15) is 0 Å². The van der Waals surface area contributed by atoms with Gasteiger partial charge in [0, 0.05) is 24.8 Å². The second-order valence-electron chi connectivity index (χ2n) is 6.42. The molecule has 0 spiro atoms. The summed E-state index contributed by atoms with van der Waals surface area (Å²) in [7, 11) is -3.12. The molecule has 0 bridgehead atoms. The van der Waals surface area contributed by atoms with E-state index in [-0.39, 0.29) is 36.3 Å². The number of hydrogen-bond donors (Lipinski definition) is 2. The minimum absolute atomic E-state index is 0.0544. The van der Waals surface area contributed by atoms with Crippen LogP contribution in [-0.2, 0) is 19.4 Å². The Labute approximate surface area is 159 Å². The van der Waals surface area contributed by atoms with E-state index in [1.54, 1.807) is 31.2 Å². The number of nitrogens with zero attached hydrogens (tertiary/aromatic N) is 1. The number of para-hydroxylation sites is 1. The van der Waals surface area contributed by atoms with Crippen LogP contribution in [0.4, 0.5) is 5.69 Å². The van der Waals surface area contributed by atoms with Gasteiger partial charge in [0.25, 0.3) is 5.91 Å². The molecule has 2 N–H and O–H groups in total. The molecular formula is C18H26N2O6S. The van der Waals surface area contributed by atoms with Crippen LogP contribution in [0.15, 0.2) is 24.3 Å². The van der Waals surface area contributed by atoms with Crippen LogP contribution in [0.25, 0.3) is 0 Å². The summed E-state index contributed by atoms with van der Waals surface area (Å²) in [6, 6.07) is 6.28. The Morgan fingerprint density at radius 1 is 1.37 bits per heavy atom. The Kier molecular flexibility index (Phi) is 7.20. The summed E-state index contributed by atoms with van der Waals surface area (Å²) in [5.41, 5.74) is 0.766.